The molecule has 0 bridgehead atoms. The topological polar surface area (TPSA) is 76.6 Å². The van der Waals surface area contributed by atoms with Crippen LogP contribution in [0.3, 0.4) is 0 Å². The Morgan fingerprint density at radius 1 is 1.16 bits per heavy atom. The number of ketones is 1. The van der Waals surface area contributed by atoms with E-state index < -0.39 is 10.0 Å². The van der Waals surface area contributed by atoms with Crippen molar-refractivity contribution >= 4 is 27.6 Å². The molecule has 1 aromatic heterocycles. The van der Waals surface area contributed by atoms with E-state index in [4.69, 9.17) is 4.74 Å². The van der Waals surface area contributed by atoms with Gasteiger partial charge in [0.25, 0.3) is 0 Å². The summed E-state index contributed by atoms with van der Waals surface area (Å²) in [6.07, 6.45) is 1.31. The quantitative estimate of drug-likeness (QED) is 0.543. The summed E-state index contributed by atoms with van der Waals surface area (Å²) in [5, 5.41) is 0.240. The Morgan fingerprint density at radius 2 is 1.80 bits per heavy atom. The van der Waals surface area contributed by atoms with E-state index in [0.717, 1.165) is 4.31 Å². The molecule has 134 valence electrons. The van der Waals surface area contributed by atoms with Gasteiger partial charge < -0.3 is 4.74 Å². The maximum Gasteiger partial charge on any atom is 0.244 e. The molecule has 0 radical (unpaired) electrons. The number of pyridine rings is 1. The molecular formula is C17H20N2O4S2. The third-order valence-electron chi connectivity index (χ3n) is 3.53. The van der Waals surface area contributed by atoms with Gasteiger partial charge in [-0.3, -0.25) is 4.79 Å². The molecule has 0 amide bonds. The lowest BCUT2D eigenvalue weighted by atomic mass is 10.1. The molecule has 1 atom stereocenters. The first-order valence-corrected chi connectivity index (χ1v) is 9.81. The van der Waals surface area contributed by atoms with Crippen molar-refractivity contribution in [3.8, 4) is 5.75 Å². The number of ether oxygens (including phenoxy) is 1. The predicted octanol–water partition coefficient (Wildman–Crippen LogP) is 2.70. The van der Waals surface area contributed by atoms with E-state index in [1.165, 1.54) is 38.1 Å². The second kappa shape index (κ2) is 7.99. The highest BCUT2D eigenvalue weighted by Gasteiger charge is 2.20. The van der Waals surface area contributed by atoms with Crippen LogP contribution in [0.25, 0.3) is 0 Å². The first-order valence-electron chi connectivity index (χ1n) is 7.49. The van der Waals surface area contributed by atoms with Crippen LogP contribution in [0, 0.1) is 0 Å². The van der Waals surface area contributed by atoms with Crippen molar-refractivity contribution in [1.82, 2.24) is 9.29 Å². The Bertz CT molecular complexity index is 832. The number of nitrogens with zero attached hydrogens (tertiary/aromatic N) is 2. The Kier molecular flexibility index (Phi) is 6.21. The van der Waals surface area contributed by atoms with E-state index in [-0.39, 0.29) is 15.9 Å². The number of thioether (sulfide) groups is 1. The summed E-state index contributed by atoms with van der Waals surface area (Å²) in [5.41, 5.74) is 0.590. The SMILES string of the molecule is COc1ccc(C(=O)[C@H](C)Sc2ccc(S(=O)(=O)N(C)C)cn2)cc1. The van der Waals surface area contributed by atoms with Crippen molar-refractivity contribution in [3.63, 3.8) is 0 Å². The van der Waals surface area contributed by atoms with E-state index in [9.17, 15) is 13.2 Å². The minimum absolute atomic E-state index is 0.0283. The summed E-state index contributed by atoms with van der Waals surface area (Å²) >= 11 is 1.28. The minimum Gasteiger partial charge on any atom is -0.497 e. The Hall–Kier alpha value is -1.90. The molecule has 0 unspecified atom stereocenters. The van der Waals surface area contributed by atoms with Crippen LogP contribution in [0.15, 0.2) is 52.5 Å². The fraction of sp³-hybridized carbons (Fsp3) is 0.294. The first-order chi connectivity index (χ1) is 11.8. The second-order valence-electron chi connectivity index (χ2n) is 5.47. The predicted molar refractivity (Wildman–Crippen MR) is 97.8 cm³/mol. The van der Waals surface area contributed by atoms with Gasteiger partial charge in [-0.25, -0.2) is 17.7 Å². The number of hydrogen-bond acceptors (Lipinski definition) is 6. The van der Waals surface area contributed by atoms with Gasteiger partial charge in [0.05, 0.1) is 17.4 Å². The lowest BCUT2D eigenvalue weighted by Crippen LogP contribution is -2.22. The van der Waals surface area contributed by atoms with Gasteiger partial charge in [-0.05, 0) is 43.3 Å². The van der Waals surface area contributed by atoms with Crippen LogP contribution in [0.4, 0.5) is 0 Å². The molecule has 0 saturated carbocycles. The Morgan fingerprint density at radius 3 is 2.28 bits per heavy atom. The number of aromatic nitrogens is 1. The van der Waals surface area contributed by atoms with Gasteiger partial charge >= 0.3 is 0 Å². The molecule has 1 heterocycles. The van der Waals surface area contributed by atoms with Gasteiger partial charge in [0.1, 0.15) is 10.6 Å². The Balaban J connectivity index is 2.09. The van der Waals surface area contributed by atoms with Crippen LogP contribution in [-0.2, 0) is 10.0 Å². The molecule has 1 aromatic carbocycles. The van der Waals surface area contributed by atoms with E-state index in [2.05, 4.69) is 4.98 Å². The second-order valence-corrected chi connectivity index (χ2v) is 8.99. The number of carbonyl (C=O) groups excluding carboxylic acids is 1. The molecule has 8 heteroatoms. The molecule has 2 rings (SSSR count). The third kappa shape index (κ3) is 4.59. The van der Waals surface area contributed by atoms with E-state index in [0.29, 0.717) is 16.3 Å². The zero-order valence-corrected chi connectivity index (χ0v) is 16.1. The highest BCUT2D eigenvalue weighted by atomic mass is 32.2. The van der Waals surface area contributed by atoms with Crippen LogP contribution in [0.2, 0.25) is 0 Å². The van der Waals surface area contributed by atoms with Crippen molar-refractivity contribution in [3.05, 3.63) is 48.2 Å². The van der Waals surface area contributed by atoms with Gasteiger partial charge in [0, 0.05) is 25.9 Å². The molecule has 0 saturated heterocycles. The zero-order valence-electron chi connectivity index (χ0n) is 14.5. The molecular weight excluding hydrogens is 360 g/mol. The van der Waals surface area contributed by atoms with E-state index >= 15 is 0 Å². The Labute approximate surface area is 152 Å². The van der Waals surface area contributed by atoms with Crippen LogP contribution >= 0.6 is 11.8 Å². The molecule has 0 aliphatic carbocycles. The monoisotopic (exact) mass is 380 g/mol. The zero-order chi connectivity index (χ0) is 18.6. The fourth-order valence-electron chi connectivity index (χ4n) is 2.02. The van der Waals surface area contributed by atoms with Gasteiger partial charge in [-0.2, -0.15) is 0 Å². The average Bonchev–Trinajstić information content (AvgIpc) is 2.61. The molecule has 25 heavy (non-hydrogen) atoms. The van der Waals surface area contributed by atoms with Crippen molar-refractivity contribution < 1.29 is 17.9 Å². The molecule has 0 aliphatic heterocycles. The minimum atomic E-state index is -3.51. The molecule has 0 N–H and O–H groups in total. The first kappa shape index (κ1) is 19.4. The van der Waals surface area contributed by atoms with E-state index in [1.54, 1.807) is 44.4 Å². The molecule has 0 spiro atoms. The molecule has 6 nitrogen and oxygen atoms in total. The van der Waals surface area contributed by atoms with Crippen LogP contribution in [0.1, 0.15) is 17.3 Å². The number of hydrogen-bond donors (Lipinski definition) is 0. The number of rotatable bonds is 7. The smallest absolute Gasteiger partial charge is 0.244 e. The van der Waals surface area contributed by atoms with Crippen molar-refractivity contribution in [2.75, 3.05) is 21.2 Å². The number of benzene rings is 1. The van der Waals surface area contributed by atoms with Gasteiger partial charge in [0.2, 0.25) is 10.0 Å². The molecule has 2 aromatic rings. The summed E-state index contributed by atoms with van der Waals surface area (Å²) < 4.78 is 30.3. The van der Waals surface area contributed by atoms with Crippen LogP contribution < -0.4 is 4.74 Å². The standard InChI is InChI=1S/C17H20N2O4S2/c1-12(17(20)13-5-7-14(23-4)8-6-13)24-16-10-9-15(11-18-16)25(21,22)19(2)3/h5-12H,1-4H3/t12-/m0/s1. The summed E-state index contributed by atoms with van der Waals surface area (Å²) in [7, 11) is 0.997. The summed E-state index contributed by atoms with van der Waals surface area (Å²) in [6, 6.07) is 10.0. The van der Waals surface area contributed by atoms with E-state index in [1.807, 2.05) is 0 Å². The summed E-state index contributed by atoms with van der Waals surface area (Å²) in [4.78, 5) is 16.7. The van der Waals surface area contributed by atoms with Gasteiger partial charge in [0.15, 0.2) is 5.78 Å². The number of methoxy groups -OCH3 is 1. The average molecular weight is 380 g/mol. The highest BCUT2D eigenvalue weighted by molar-refractivity contribution is 8.00. The lowest BCUT2D eigenvalue weighted by molar-refractivity contribution is 0.0994. The number of Topliss-reactive ketones (excluding diaryl/α,β-unsaturated/α-hetero) is 1. The maximum absolute atomic E-state index is 12.5. The normalized spacial score (nSPS) is 12.8. The largest absolute Gasteiger partial charge is 0.497 e. The van der Waals surface area contributed by atoms with Gasteiger partial charge in [-0.15, -0.1) is 0 Å². The van der Waals surface area contributed by atoms with Crippen molar-refractivity contribution in [2.24, 2.45) is 0 Å². The fourth-order valence-corrected chi connectivity index (χ4v) is 3.74. The summed E-state index contributed by atoms with van der Waals surface area (Å²) in [6.45, 7) is 1.80. The third-order valence-corrected chi connectivity index (χ3v) is 6.38. The highest BCUT2D eigenvalue weighted by Crippen LogP contribution is 2.25. The molecule has 0 aliphatic rings. The van der Waals surface area contributed by atoms with Crippen LogP contribution in [0.5, 0.6) is 5.75 Å². The summed E-state index contributed by atoms with van der Waals surface area (Å²) in [5.74, 6) is 0.663. The number of sulfonamides is 1. The van der Waals surface area contributed by atoms with Crippen molar-refractivity contribution in [2.45, 2.75) is 22.1 Å². The lowest BCUT2D eigenvalue weighted by Gasteiger charge is -2.12. The number of carbonyl (C=O) groups is 1. The van der Waals surface area contributed by atoms with Gasteiger partial charge in [-0.1, -0.05) is 11.8 Å². The van der Waals surface area contributed by atoms with Crippen molar-refractivity contribution in [1.29, 1.82) is 0 Å². The van der Waals surface area contributed by atoms with Crippen LogP contribution in [-0.4, -0.2) is 49.9 Å². The maximum atomic E-state index is 12.5. The molecule has 0 fully saturated rings.